The summed E-state index contributed by atoms with van der Waals surface area (Å²) in [7, 11) is 0. The Kier molecular flexibility index (Phi) is 7.13. The number of nitrogens with zero attached hydrogens (tertiary/aromatic N) is 1. The van der Waals surface area contributed by atoms with Crippen LogP contribution in [0.1, 0.15) is 37.5 Å². The smallest absolute Gasteiger partial charge is 0.278 e. The van der Waals surface area contributed by atoms with Crippen LogP contribution in [-0.2, 0) is 14.3 Å². The molecule has 0 saturated heterocycles. The Balaban J connectivity index is 1.97. The molecule has 1 aliphatic rings. The van der Waals surface area contributed by atoms with E-state index in [1.54, 1.807) is 0 Å². The summed E-state index contributed by atoms with van der Waals surface area (Å²) in [5, 5.41) is 3.23. The molecule has 1 heterocycles. The van der Waals surface area contributed by atoms with Crippen molar-refractivity contribution in [2.75, 3.05) is 25.1 Å². The SMILES string of the molecule is CCOc1ccc(C2=C(Nc3ccc(C)cc3C)C(=O)N(CCOC(C)C)C2=O)cc1. The van der Waals surface area contributed by atoms with Crippen molar-refractivity contribution in [1.82, 2.24) is 4.90 Å². The molecule has 0 aromatic heterocycles. The summed E-state index contributed by atoms with van der Waals surface area (Å²) >= 11 is 0. The fourth-order valence-corrected chi connectivity index (χ4v) is 3.52. The molecule has 0 atom stereocenters. The van der Waals surface area contributed by atoms with E-state index in [2.05, 4.69) is 5.32 Å². The lowest BCUT2D eigenvalue weighted by Gasteiger charge is -2.17. The summed E-state index contributed by atoms with van der Waals surface area (Å²) in [6.07, 6.45) is 0.0270. The normalized spacial score (nSPS) is 14.1. The van der Waals surface area contributed by atoms with E-state index < -0.39 is 0 Å². The highest BCUT2D eigenvalue weighted by Gasteiger charge is 2.39. The minimum atomic E-state index is -0.346. The van der Waals surface area contributed by atoms with Crippen LogP contribution in [0.2, 0.25) is 0 Å². The van der Waals surface area contributed by atoms with Gasteiger partial charge in [-0.3, -0.25) is 14.5 Å². The topological polar surface area (TPSA) is 67.9 Å². The Bertz CT molecular complexity index is 993. The van der Waals surface area contributed by atoms with Crippen LogP contribution >= 0.6 is 0 Å². The molecule has 2 amide bonds. The van der Waals surface area contributed by atoms with Gasteiger partial charge in [0.15, 0.2) is 0 Å². The van der Waals surface area contributed by atoms with Crippen LogP contribution in [0.25, 0.3) is 5.57 Å². The molecular formula is C25H30N2O4. The van der Waals surface area contributed by atoms with Crippen LogP contribution in [0.4, 0.5) is 5.69 Å². The lowest BCUT2D eigenvalue weighted by atomic mass is 10.0. The number of amides is 2. The number of rotatable bonds is 9. The van der Waals surface area contributed by atoms with Gasteiger partial charge in [0.2, 0.25) is 0 Å². The molecule has 0 bridgehead atoms. The zero-order chi connectivity index (χ0) is 22.5. The van der Waals surface area contributed by atoms with Gasteiger partial charge in [-0.2, -0.15) is 0 Å². The van der Waals surface area contributed by atoms with Gasteiger partial charge in [0.1, 0.15) is 11.4 Å². The molecule has 0 unspecified atom stereocenters. The second-order valence-electron chi connectivity index (χ2n) is 7.83. The van der Waals surface area contributed by atoms with Gasteiger partial charge in [0.25, 0.3) is 11.8 Å². The number of aryl methyl sites for hydroxylation is 2. The van der Waals surface area contributed by atoms with Gasteiger partial charge in [-0.15, -0.1) is 0 Å². The van der Waals surface area contributed by atoms with Crippen LogP contribution in [0.5, 0.6) is 5.75 Å². The maximum Gasteiger partial charge on any atom is 0.278 e. The minimum absolute atomic E-state index is 0.0270. The molecule has 6 nitrogen and oxygen atoms in total. The third kappa shape index (κ3) is 5.14. The monoisotopic (exact) mass is 422 g/mol. The Morgan fingerprint density at radius 3 is 2.32 bits per heavy atom. The quantitative estimate of drug-likeness (QED) is 0.610. The highest BCUT2D eigenvalue weighted by Crippen LogP contribution is 2.32. The number of carbonyl (C=O) groups is 2. The van der Waals surface area contributed by atoms with Crippen LogP contribution in [0, 0.1) is 13.8 Å². The van der Waals surface area contributed by atoms with Crippen molar-refractivity contribution in [2.24, 2.45) is 0 Å². The van der Waals surface area contributed by atoms with Crippen molar-refractivity contribution in [3.8, 4) is 5.75 Å². The maximum absolute atomic E-state index is 13.3. The molecule has 6 heteroatoms. The van der Waals surface area contributed by atoms with Gasteiger partial charge in [-0.1, -0.05) is 29.8 Å². The number of hydrogen-bond donors (Lipinski definition) is 1. The number of nitrogens with one attached hydrogen (secondary N) is 1. The van der Waals surface area contributed by atoms with E-state index in [9.17, 15) is 9.59 Å². The molecule has 164 valence electrons. The molecule has 3 rings (SSSR count). The summed E-state index contributed by atoms with van der Waals surface area (Å²) in [5.41, 5.74) is 4.24. The van der Waals surface area contributed by atoms with Gasteiger partial charge < -0.3 is 14.8 Å². The van der Waals surface area contributed by atoms with E-state index >= 15 is 0 Å². The Morgan fingerprint density at radius 2 is 1.71 bits per heavy atom. The molecule has 0 saturated carbocycles. The molecule has 0 fully saturated rings. The van der Waals surface area contributed by atoms with Crippen molar-refractivity contribution < 1.29 is 19.1 Å². The Hall–Kier alpha value is -3.12. The molecule has 0 spiro atoms. The summed E-state index contributed by atoms with van der Waals surface area (Å²) in [6, 6.07) is 13.2. The number of ether oxygens (including phenoxy) is 2. The minimum Gasteiger partial charge on any atom is -0.494 e. The Morgan fingerprint density at radius 1 is 1.00 bits per heavy atom. The molecule has 1 N–H and O–H groups in total. The number of hydrogen-bond acceptors (Lipinski definition) is 5. The highest BCUT2D eigenvalue weighted by molar-refractivity contribution is 6.36. The van der Waals surface area contributed by atoms with Crippen molar-refractivity contribution in [3.05, 3.63) is 64.9 Å². The van der Waals surface area contributed by atoms with Gasteiger partial charge in [-0.05, 0) is 63.9 Å². The van der Waals surface area contributed by atoms with Crippen LogP contribution in [0.15, 0.2) is 48.2 Å². The van der Waals surface area contributed by atoms with E-state index in [0.717, 1.165) is 22.6 Å². The molecule has 31 heavy (non-hydrogen) atoms. The van der Waals surface area contributed by atoms with E-state index in [1.165, 1.54) is 4.90 Å². The van der Waals surface area contributed by atoms with Crippen LogP contribution in [-0.4, -0.2) is 42.6 Å². The fraction of sp³-hybridized carbons (Fsp3) is 0.360. The lowest BCUT2D eigenvalue weighted by Crippen LogP contribution is -2.35. The van der Waals surface area contributed by atoms with Crippen LogP contribution in [0.3, 0.4) is 0 Å². The number of benzene rings is 2. The molecule has 2 aromatic rings. The zero-order valence-corrected chi connectivity index (χ0v) is 18.8. The molecular weight excluding hydrogens is 392 g/mol. The second-order valence-corrected chi connectivity index (χ2v) is 7.83. The van der Waals surface area contributed by atoms with Crippen molar-refractivity contribution in [2.45, 2.75) is 40.7 Å². The molecule has 1 aliphatic heterocycles. The summed E-state index contributed by atoms with van der Waals surface area (Å²) in [6.45, 7) is 10.8. The molecule has 0 aliphatic carbocycles. The number of anilines is 1. The van der Waals surface area contributed by atoms with Gasteiger partial charge in [0.05, 0.1) is 31.4 Å². The number of imide groups is 1. The largest absolute Gasteiger partial charge is 0.494 e. The standard InChI is InChI=1S/C25H30N2O4/c1-6-30-20-10-8-19(9-11-20)22-23(26-21-12-7-17(4)15-18(21)5)25(29)27(24(22)28)13-14-31-16(2)3/h7-12,15-16,26H,6,13-14H2,1-5H3. The van der Waals surface area contributed by atoms with Gasteiger partial charge >= 0.3 is 0 Å². The first-order valence-corrected chi connectivity index (χ1v) is 10.6. The van der Waals surface area contributed by atoms with Gasteiger partial charge in [-0.25, -0.2) is 0 Å². The number of carbonyl (C=O) groups excluding carboxylic acids is 2. The fourth-order valence-electron chi connectivity index (χ4n) is 3.52. The van der Waals surface area contributed by atoms with Gasteiger partial charge in [0, 0.05) is 5.69 Å². The second kappa shape index (κ2) is 9.79. The Labute approximate surface area is 183 Å². The summed E-state index contributed by atoms with van der Waals surface area (Å²) in [4.78, 5) is 27.7. The van der Waals surface area contributed by atoms with Crippen molar-refractivity contribution >= 4 is 23.1 Å². The lowest BCUT2D eigenvalue weighted by molar-refractivity contribution is -0.137. The average molecular weight is 423 g/mol. The third-order valence-electron chi connectivity index (χ3n) is 5.03. The first-order chi connectivity index (χ1) is 14.8. The molecule has 0 radical (unpaired) electrons. The van der Waals surface area contributed by atoms with Crippen LogP contribution < -0.4 is 10.1 Å². The highest BCUT2D eigenvalue weighted by atomic mass is 16.5. The van der Waals surface area contributed by atoms with E-state index in [-0.39, 0.29) is 30.2 Å². The zero-order valence-electron chi connectivity index (χ0n) is 18.8. The van der Waals surface area contributed by atoms with E-state index in [1.807, 2.05) is 77.1 Å². The van der Waals surface area contributed by atoms with Crippen molar-refractivity contribution in [1.29, 1.82) is 0 Å². The third-order valence-corrected chi connectivity index (χ3v) is 5.03. The van der Waals surface area contributed by atoms with E-state index in [0.29, 0.717) is 24.4 Å². The first kappa shape index (κ1) is 22.6. The first-order valence-electron chi connectivity index (χ1n) is 10.6. The van der Waals surface area contributed by atoms with E-state index in [4.69, 9.17) is 9.47 Å². The predicted octanol–water partition coefficient (Wildman–Crippen LogP) is 4.32. The average Bonchev–Trinajstić information content (AvgIpc) is 2.95. The predicted molar refractivity (Wildman–Crippen MR) is 122 cm³/mol. The summed E-state index contributed by atoms with van der Waals surface area (Å²) < 4.78 is 11.1. The van der Waals surface area contributed by atoms with Crippen molar-refractivity contribution in [3.63, 3.8) is 0 Å². The molecule has 2 aromatic carbocycles. The summed E-state index contributed by atoms with van der Waals surface area (Å²) in [5.74, 6) is 0.0460. The maximum atomic E-state index is 13.3.